The van der Waals surface area contributed by atoms with E-state index in [0.29, 0.717) is 23.5 Å². The lowest BCUT2D eigenvalue weighted by Crippen LogP contribution is -2.44. The zero-order valence-corrected chi connectivity index (χ0v) is 20.4. The molecule has 0 bridgehead atoms. The summed E-state index contributed by atoms with van der Waals surface area (Å²) in [5, 5.41) is 9.27. The fraction of sp³-hybridized carbons (Fsp3) is 0.750. The molecule has 0 amide bonds. The van der Waals surface area contributed by atoms with Crippen molar-refractivity contribution in [1.82, 2.24) is 4.90 Å². The molecule has 3 fully saturated rings. The van der Waals surface area contributed by atoms with Crippen molar-refractivity contribution in [2.75, 3.05) is 13.1 Å². The number of carbonyl (C=O) groups is 1. The number of carboxylic acid groups (broad SMARTS) is 1. The molecular formula is C28H43NO3. The first-order valence-corrected chi connectivity index (χ1v) is 13.0. The molecule has 1 heterocycles. The Bertz CT molecular complexity index is 737. The first-order chi connectivity index (χ1) is 15.3. The standard InChI is InChI=1S/C28H43NO3/c1-28(2,3)23-10-16-26(17-11-23)32-25-14-8-20(9-15-25)22-5-4-18-29(19-22)24-12-6-21(7-13-24)27(30)31/h8-9,14-15,21-24,26H,4-7,10-13,16-19H2,1-3H3,(H,30,31)/t21?,22?,23-,24?,26-. The third-order valence-electron chi connectivity index (χ3n) is 8.57. The van der Waals surface area contributed by atoms with E-state index in [0.717, 1.165) is 50.4 Å². The summed E-state index contributed by atoms with van der Waals surface area (Å²) in [5.74, 6) is 1.69. The van der Waals surface area contributed by atoms with Crippen molar-refractivity contribution >= 4 is 5.97 Å². The van der Waals surface area contributed by atoms with E-state index >= 15 is 0 Å². The third-order valence-corrected chi connectivity index (χ3v) is 8.57. The van der Waals surface area contributed by atoms with Crippen molar-refractivity contribution < 1.29 is 14.6 Å². The molecule has 1 N–H and O–H groups in total. The van der Waals surface area contributed by atoms with E-state index in [9.17, 15) is 9.90 Å². The molecule has 1 saturated heterocycles. The van der Waals surface area contributed by atoms with Crippen LogP contribution in [0.5, 0.6) is 5.75 Å². The number of rotatable bonds is 5. The molecule has 1 aromatic carbocycles. The summed E-state index contributed by atoms with van der Waals surface area (Å²) in [6.45, 7) is 9.37. The SMILES string of the molecule is CC(C)(C)[C@H]1CC[C@H](Oc2ccc(C3CCCN(C4CCC(C(=O)O)CC4)C3)cc2)CC1. The number of carboxylic acids is 1. The van der Waals surface area contributed by atoms with Crippen molar-refractivity contribution in [1.29, 1.82) is 0 Å². The lowest BCUT2D eigenvalue weighted by Gasteiger charge is -2.41. The number of hydrogen-bond acceptors (Lipinski definition) is 3. The number of nitrogens with zero attached hydrogens (tertiary/aromatic N) is 1. The highest BCUT2D eigenvalue weighted by molar-refractivity contribution is 5.70. The van der Waals surface area contributed by atoms with Gasteiger partial charge in [0.1, 0.15) is 5.75 Å². The van der Waals surface area contributed by atoms with Gasteiger partial charge in [-0.25, -0.2) is 0 Å². The van der Waals surface area contributed by atoms with E-state index < -0.39 is 5.97 Å². The van der Waals surface area contributed by atoms with Crippen molar-refractivity contribution in [3.8, 4) is 5.75 Å². The molecule has 2 aliphatic carbocycles. The molecule has 4 rings (SSSR count). The quantitative estimate of drug-likeness (QED) is 0.567. The van der Waals surface area contributed by atoms with E-state index in [1.807, 2.05) is 0 Å². The summed E-state index contributed by atoms with van der Waals surface area (Å²) >= 11 is 0. The van der Waals surface area contributed by atoms with E-state index in [-0.39, 0.29) is 5.92 Å². The van der Waals surface area contributed by atoms with Crippen LogP contribution in [-0.4, -0.2) is 41.2 Å². The number of piperidine rings is 1. The van der Waals surface area contributed by atoms with Gasteiger partial charge in [0.05, 0.1) is 12.0 Å². The summed E-state index contributed by atoms with van der Waals surface area (Å²) in [6, 6.07) is 9.50. The van der Waals surface area contributed by atoms with Crippen molar-refractivity contribution in [3.05, 3.63) is 29.8 Å². The van der Waals surface area contributed by atoms with Crippen molar-refractivity contribution in [3.63, 3.8) is 0 Å². The predicted molar refractivity (Wildman–Crippen MR) is 129 cm³/mol. The number of benzene rings is 1. The zero-order chi connectivity index (χ0) is 22.7. The second kappa shape index (κ2) is 10.2. The molecule has 4 heteroatoms. The average Bonchev–Trinajstić information content (AvgIpc) is 2.79. The molecule has 4 nitrogen and oxygen atoms in total. The van der Waals surface area contributed by atoms with Crippen LogP contribution in [0.15, 0.2) is 24.3 Å². The highest BCUT2D eigenvalue weighted by Crippen LogP contribution is 2.39. The van der Waals surface area contributed by atoms with E-state index in [2.05, 4.69) is 49.9 Å². The Morgan fingerprint density at radius 2 is 1.59 bits per heavy atom. The van der Waals surface area contributed by atoms with Crippen LogP contribution in [0.1, 0.15) is 96.5 Å². The maximum atomic E-state index is 11.3. The molecule has 0 aromatic heterocycles. The summed E-state index contributed by atoms with van der Waals surface area (Å²) in [6.07, 6.45) is 11.5. The molecule has 32 heavy (non-hydrogen) atoms. The van der Waals surface area contributed by atoms with Gasteiger partial charge >= 0.3 is 5.97 Å². The molecule has 1 unspecified atom stereocenters. The maximum absolute atomic E-state index is 11.3. The number of likely N-dealkylation sites (tertiary alicyclic amines) is 1. The first-order valence-electron chi connectivity index (χ1n) is 13.0. The van der Waals surface area contributed by atoms with Crippen molar-refractivity contribution in [2.24, 2.45) is 17.3 Å². The average molecular weight is 442 g/mol. The lowest BCUT2D eigenvalue weighted by molar-refractivity contribution is -0.143. The third kappa shape index (κ3) is 5.87. The first kappa shape index (κ1) is 23.6. The zero-order valence-electron chi connectivity index (χ0n) is 20.4. The van der Waals surface area contributed by atoms with Crippen LogP contribution in [0.4, 0.5) is 0 Å². The predicted octanol–water partition coefficient (Wildman–Crippen LogP) is 6.49. The molecular weight excluding hydrogens is 398 g/mol. The van der Waals surface area contributed by atoms with Crippen LogP contribution < -0.4 is 4.74 Å². The molecule has 2 saturated carbocycles. The summed E-state index contributed by atoms with van der Waals surface area (Å²) in [5.41, 5.74) is 1.84. The van der Waals surface area contributed by atoms with Gasteiger partial charge in [0.2, 0.25) is 0 Å². The van der Waals surface area contributed by atoms with E-state index in [1.165, 1.54) is 44.1 Å². The Balaban J connectivity index is 1.27. The minimum Gasteiger partial charge on any atom is -0.490 e. The fourth-order valence-electron chi connectivity index (χ4n) is 6.36. The second-order valence-corrected chi connectivity index (χ2v) is 11.7. The number of aliphatic carboxylic acids is 1. The van der Waals surface area contributed by atoms with Crippen LogP contribution in [0.2, 0.25) is 0 Å². The lowest BCUT2D eigenvalue weighted by atomic mass is 9.72. The van der Waals surface area contributed by atoms with Gasteiger partial charge < -0.3 is 9.84 Å². The molecule has 1 aromatic rings. The van der Waals surface area contributed by atoms with Gasteiger partial charge in [-0.3, -0.25) is 9.69 Å². The highest BCUT2D eigenvalue weighted by Gasteiger charge is 2.33. The Hall–Kier alpha value is -1.55. The molecule has 0 spiro atoms. The monoisotopic (exact) mass is 441 g/mol. The number of hydrogen-bond donors (Lipinski definition) is 1. The second-order valence-electron chi connectivity index (χ2n) is 11.7. The summed E-state index contributed by atoms with van der Waals surface area (Å²) in [4.78, 5) is 13.9. The van der Waals surface area contributed by atoms with Gasteiger partial charge in [-0.1, -0.05) is 32.9 Å². The van der Waals surface area contributed by atoms with Gasteiger partial charge in [-0.2, -0.15) is 0 Å². The topological polar surface area (TPSA) is 49.8 Å². The molecule has 3 aliphatic rings. The van der Waals surface area contributed by atoms with Gasteiger partial charge in [0.25, 0.3) is 0 Å². The van der Waals surface area contributed by atoms with E-state index in [4.69, 9.17) is 4.74 Å². The molecule has 1 aliphatic heterocycles. The summed E-state index contributed by atoms with van der Waals surface area (Å²) in [7, 11) is 0. The van der Waals surface area contributed by atoms with Gasteiger partial charge in [0, 0.05) is 12.6 Å². The van der Waals surface area contributed by atoms with Crippen LogP contribution in [0.25, 0.3) is 0 Å². The minimum atomic E-state index is -0.607. The Morgan fingerprint density at radius 1 is 0.938 bits per heavy atom. The Labute approximate surface area is 194 Å². The van der Waals surface area contributed by atoms with Crippen molar-refractivity contribution in [2.45, 2.75) is 103 Å². The highest BCUT2D eigenvalue weighted by atomic mass is 16.5. The Kier molecular flexibility index (Phi) is 7.49. The molecule has 1 atom stereocenters. The van der Waals surface area contributed by atoms with Crippen LogP contribution >= 0.6 is 0 Å². The molecule has 178 valence electrons. The number of ether oxygens (including phenoxy) is 1. The van der Waals surface area contributed by atoms with Gasteiger partial charge in [0.15, 0.2) is 0 Å². The smallest absolute Gasteiger partial charge is 0.306 e. The maximum Gasteiger partial charge on any atom is 0.306 e. The largest absolute Gasteiger partial charge is 0.490 e. The normalized spacial score (nSPS) is 32.4. The van der Waals surface area contributed by atoms with Crippen LogP contribution in [0.3, 0.4) is 0 Å². The fourth-order valence-corrected chi connectivity index (χ4v) is 6.36. The van der Waals surface area contributed by atoms with E-state index in [1.54, 1.807) is 0 Å². The summed E-state index contributed by atoms with van der Waals surface area (Å²) < 4.78 is 6.35. The van der Waals surface area contributed by atoms with Gasteiger partial charge in [-0.05, 0) is 106 Å². The Morgan fingerprint density at radius 3 is 2.19 bits per heavy atom. The van der Waals surface area contributed by atoms with Crippen LogP contribution in [0, 0.1) is 17.3 Å². The van der Waals surface area contributed by atoms with Gasteiger partial charge in [-0.15, -0.1) is 0 Å². The minimum absolute atomic E-state index is 0.122. The molecule has 0 radical (unpaired) electrons. The van der Waals surface area contributed by atoms with Crippen LogP contribution in [-0.2, 0) is 4.79 Å².